The van der Waals surface area contributed by atoms with Gasteiger partial charge in [0.1, 0.15) is 0 Å². The summed E-state index contributed by atoms with van der Waals surface area (Å²) in [5.41, 5.74) is 12.6. The Hall–Kier alpha value is -1.39. The molecule has 4 atom stereocenters. The minimum atomic E-state index is -4.80. The third-order valence-corrected chi connectivity index (χ3v) is 198. The SMILES string of the molecule is Cc1cccc(P(c2cccc(C)c2C)[C]23[CH]4[CH]5[CH]6[C]2(P(c2cccc(C)c2C)c2cccc(C)c2C)[Hf]54632789[CH]3[CH]2[CH]7[CH]8[CH]39)c1C. The number of aryl methyl sites for hydroxylation is 4. The van der Waals surface area contributed by atoms with E-state index >= 15 is 0 Å². The van der Waals surface area contributed by atoms with Gasteiger partial charge in [0.2, 0.25) is 0 Å². The summed E-state index contributed by atoms with van der Waals surface area (Å²) in [4.78, 5) is 0. The molecule has 10 aliphatic rings. The van der Waals surface area contributed by atoms with Gasteiger partial charge in [-0.1, -0.05) is 0 Å². The van der Waals surface area contributed by atoms with Gasteiger partial charge in [-0.15, -0.1) is 0 Å². The molecule has 0 saturated carbocycles. The van der Waals surface area contributed by atoms with Crippen molar-refractivity contribution in [1.29, 1.82) is 0 Å². The van der Waals surface area contributed by atoms with Crippen LogP contribution in [0.3, 0.4) is 0 Å². The third kappa shape index (κ3) is 0.733. The van der Waals surface area contributed by atoms with Crippen LogP contribution in [0.4, 0.5) is 0 Å². The Bertz CT molecular complexity index is 2330. The molecule has 10 fully saturated rings. The summed E-state index contributed by atoms with van der Waals surface area (Å²) in [6.45, 7) is 19.6. The molecule has 4 aromatic rings. The van der Waals surface area contributed by atoms with Crippen molar-refractivity contribution >= 4 is 37.1 Å². The van der Waals surface area contributed by atoms with Crippen LogP contribution in [0.2, 0.25) is 29.4 Å². The van der Waals surface area contributed by atoms with Gasteiger partial charge in [0, 0.05) is 0 Å². The van der Waals surface area contributed by atoms with Crippen LogP contribution >= 0.6 is 15.8 Å². The molecule has 10 aliphatic heterocycles. The van der Waals surface area contributed by atoms with Crippen LogP contribution in [0, 0.1) is 55.4 Å². The first kappa shape index (κ1) is 24.7. The summed E-state index contributed by atoms with van der Waals surface area (Å²) >= 11 is -4.80. The predicted molar refractivity (Wildman–Crippen MR) is 192 cm³/mol. The van der Waals surface area contributed by atoms with E-state index in [4.69, 9.17) is 0 Å². The minimum absolute atomic E-state index is 0.405. The molecule has 1 spiro atoms. The van der Waals surface area contributed by atoms with Crippen LogP contribution < -0.4 is 21.2 Å². The zero-order valence-electron chi connectivity index (χ0n) is 27.9. The molecule has 0 amide bonds. The topological polar surface area (TPSA) is 0 Å². The summed E-state index contributed by atoms with van der Waals surface area (Å²) in [5, 5.41) is 7.22. The summed E-state index contributed by atoms with van der Waals surface area (Å²) in [6, 6.07) is 30.0. The molecule has 0 bridgehead atoms. The van der Waals surface area contributed by atoms with Crippen molar-refractivity contribution in [3.8, 4) is 0 Å². The van der Waals surface area contributed by atoms with E-state index in [-0.39, 0.29) is 0 Å². The average Bonchev–Trinajstić information content (AvgIpc) is 3.97. The summed E-state index contributed by atoms with van der Waals surface area (Å²) in [5.74, 6) is 0. The van der Waals surface area contributed by atoms with Crippen molar-refractivity contribution < 1.29 is 11.2 Å². The Kier molecular flexibility index (Phi) is 2.27. The first-order chi connectivity index (χ1) is 21.4. The van der Waals surface area contributed by atoms with Crippen LogP contribution in [0.5, 0.6) is 0 Å². The molecule has 0 nitrogen and oxygen atoms in total. The predicted octanol–water partition coefficient (Wildman–Crippen LogP) is 9.92. The Morgan fingerprint density at radius 1 is 0.400 bits per heavy atom. The molecule has 0 aromatic heterocycles. The standard InChI is InChI=1S/C37H39P2.C5H5.Hf/c1-24-14-9-18-32(28(24)5)38(33-19-10-15-25(2)29(33)6)36-22-13-23-37(36)39(34-20-11-16-26(3)30(34)7)35-21-12-17-27(4)31(35)8;1-2-4-5-3-1;/h9-23H,1-8H3;1-5H;. The second-order valence-electron chi connectivity index (χ2n) is 22.3. The number of benzene rings is 4. The van der Waals surface area contributed by atoms with E-state index in [1.807, 2.05) is 0 Å². The zero-order valence-corrected chi connectivity index (χ0v) is 33.3. The fraction of sp³-hybridized carbons (Fsp3) is 0.429. The molecule has 0 radical (unpaired) electrons. The molecule has 10 saturated heterocycles. The molecule has 4 aromatic carbocycles. The normalized spacial score (nSPS) is 54.2. The third-order valence-electron chi connectivity index (χ3n) is 28.2. The van der Waals surface area contributed by atoms with Gasteiger partial charge in [0.05, 0.1) is 0 Å². The number of hydrogen-bond acceptors (Lipinski definition) is 0. The molecule has 0 N–H and O–H groups in total. The van der Waals surface area contributed by atoms with Crippen LogP contribution in [-0.2, 0) is 11.2 Å². The van der Waals surface area contributed by atoms with E-state index in [1.165, 1.54) is 51.6 Å². The fourth-order valence-electron chi connectivity index (χ4n) is 30.4. The summed E-state index contributed by atoms with van der Waals surface area (Å²) in [7, 11) is -0.811. The van der Waals surface area contributed by atoms with E-state index in [1.54, 1.807) is 43.5 Å². The van der Waals surface area contributed by atoms with Gasteiger partial charge in [-0.3, -0.25) is 0 Å². The second kappa shape index (κ2) is 4.13. The van der Waals surface area contributed by atoms with Crippen LogP contribution in [0.1, 0.15) is 44.5 Å². The molecule has 226 valence electrons. The summed E-state index contributed by atoms with van der Waals surface area (Å²) in [6.07, 6.45) is 0. The molecular weight excluding hydrogens is 745 g/mol. The zero-order chi connectivity index (χ0) is 30.5. The van der Waals surface area contributed by atoms with Crippen molar-refractivity contribution in [2.24, 2.45) is 0 Å². The van der Waals surface area contributed by atoms with E-state index in [9.17, 15) is 0 Å². The molecule has 45 heavy (non-hydrogen) atoms. The second-order valence-corrected chi connectivity index (χ2v) is 106. The summed E-state index contributed by atoms with van der Waals surface area (Å²) < 4.78 is 11.7. The Morgan fingerprint density at radius 2 is 0.667 bits per heavy atom. The van der Waals surface area contributed by atoms with Crippen molar-refractivity contribution in [3.63, 3.8) is 0 Å². The van der Waals surface area contributed by atoms with E-state index in [0.29, 0.717) is 5.83 Å². The van der Waals surface area contributed by atoms with Gasteiger partial charge in [-0.25, -0.2) is 0 Å². The molecular formula is C42H44HfP2. The first-order valence-electron chi connectivity index (χ1n) is 18.3. The average molecular weight is 789 g/mol. The van der Waals surface area contributed by atoms with Gasteiger partial charge in [0.25, 0.3) is 0 Å². The monoisotopic (exact) mass is 790 g/mol. The van der Waals surface area contributed by atoms with Crippen molar-refractivity contribution in [2.75, 3.05) is 0 Å². The van der Waals surface area contributed by atoms with E-state index < -0.39 is 27.0 Å². The van der Waals surface area contributed by atoms with Crippen LogP contribution in [0.25, 0.3) is 0 Å². The van der Waals surface area contributed by atoms with Gasteiger partial charge >= 0.3 is 256 Å². The maximum absolute atomic E-state index is 4.80. The quantitative estimate of drug-likeness (QED) is 0.135. The number of rotatable bonds is 6. The van der Waals surface area contributed by atoms with Crippen molar-refractivity contribution in [1.82, 2.24) is 0 Å². The van der Waals surface area contributed by atoms with Crippen molar-refractivity contribution in [2.45, 2.75) is 90.6 Å². The van der Waals surface area contributed by atoms with E-state index in [0.717, 1.165) is 0 Å². The molecule has 10 heterocycles. The van der Waals surface area contributed by atoms with Gasteiger partial charge in [-0.05, 0) is 0 Å². The van der Waals surface area contributed by atoms with Crippen molar-refractivity contribution in [3.05, 3.63) is 117 Å². The Balaban J connectivity index is 1.17. The fourth-order valence-corrected chi connectivity index (χ4v) is 492. The van der Waals surface area contributed by atoms with Crippen LogP contribution in [0.15, 0.2) is 72.8 Å². The van der Waals surface area contributed by atoms with E-state index in [2.05, 4.69) is 128 Å². The van der Waals surface area contributed by atoms with Gasteiger partial charge in [-0.2, -0.15) is 0 Å². The molecule has 0 aliphatic carbocycles. The first-order valence-corrected chi connectivity index (χ1v) is 41.2. The number of fused-ring (bicyclic) bond motifs is 10. The molecule has 14 rings (SSSR count). The maximum atomic E-state index is 2.65. The van der Waals surface area contributed by atoms with Gasteiger partial charge in [0.15, 0.2) is 0 Å². The Labute approximate surface area is 254 Å². The number of hydrogen-bond donors (Lipinski definition) is 0. The van der Waals surface area contributed by atoms with Crippen LogP contribution in [-0.4, -0.2) is 5.83 Å². The van der Waals surface area contributed by atoms with Gasteiger partial charge < -0.3 is 0 Å². The Morgan fingerprint density at radius 3 is 0.889 bits per heavy atom. The molecule has 4 unspecified atom stereocenters. The molecule has 3 heteroatoms.